The zero-order chi connectivity index (χ0) is 11.1. The molecule has 0 aromatic rings. The number of carbonyl (C=O) groups is 1. The average Bonchev–Trinajstić information content (AvgIpc) is 2.90. The van der Waals surface area contributed by atoms with E-state index in [1.807, 2.05) is 4.90 Å². The molecule has 0 radical (unpaired) electrons. The Morgan fingerprint density at radius 1 is 1.31 bits per heavy atom. The van der Waals surface area contributed by atoms with Crippen LogP contribution in [-0.2, 0) is 9.53 Å². The molecule has 4 atom stereocenters. The molecule has 3 rings (SSSR count). The molecule has 0 aromatic heterocycles. The first kappa shape index (κ1) is 10.3. The number of piperazine rings is 1. The Hall–Kier alpha value is -0.870. The molecule has 0 aromatic carbocycles. The minimum absolute atomic E-state index is 0.0300. The summed E-state index contributed by atoms with van der Waals surface area (Å²) in [6, 6.07) is 0. The number of rotatable bonds is 1. The number of carbonyl (C=O) groups excluding carboxylic acids is 1. The molecule has 1 amide bonds. The third kappa shape index (κ3) is 1.48. The number of hydrogen-bond donors (Lipinski definition) is 1. The second-order valence-electron chi connectivity index (χ2n) is 4.91. The molecule has 2 bridgehead atoms. The summed E-state index contributed by atoms with van der Waals surface area (Å²) in [5.74, 6) is 0.663. The highest BCUT2D eigenvalue weighted by molar-refractivity contribution is 5.81. The van der Waals surface area contributed by atoms with Crippen LogP contribution in [0.25, 0.3) is 0 Å². The van der Waals surface area contributed by atoms with Crippen molar-refractivity contribution in [2.24, 2.45) is 11.8 Å². The molecule has 16 heavy (non-hydrogen) atoms. The molecule has 2 fully saturated rings. The van der Waals surface area contributed by atoms with Crippen molar-refractivity contribution < 1.29 is 9.53 Å². The largest absolute Gasteiger partial charge is 0.366 e. The molecule has 4 nitrogen and oxygen atoms in total. The third-order valence-electron chi connectivity index (χ3n) is 3.96. The molecule has 4 heteroatoms. The fourth-order valence-electron chi connectivity index (χ4n) is 2.96. The SMILES string of the molecule is CC1C(C(=O)N2CCNCC2)[C@@H]2C=C[C@H]1O2. The van der Waals surface area contributed by atoms with Gasteiger partial charge in [0.1, 0.15) is 0 Å². The van der Waals surface area contributed by atoms with E-state index in [-0.39, 0.29) is 24.0 Å². The maximum Gasteiger partial charge on any atom is 0.229 e. The van der Waals surface area contributed by atoms with E-state index in [4.69, 9.17) is 4.74 Å². The van der Waals surface area contributed by atoms with E-state index in [0.717, 1.165) is 26.2 Å². The molecular weight excluding hydrogens is 204 g/mol. The van der Waals surface area contributed by atoms with Gasteiger partial charge in [-0.05, 0) is 0 Å². The number of amides is 1. The maximum atomic E-state index is 12.4. The van der Waals surface area contributed by atoms with Crippen LogP contribution < -0.4 is 5.32 Å². The Balaban J connectivity index is 1.72. The fraction of sp³-hybridized carbons (Fsp3) is 0.750. The average molecular weight is 222 g/mol. The predicted molar refractivity (Wildman–Crippen MR) is 59.9 cm³/mol. The van der Waals surface area contributed by atoms with Crippen molar-refractivity contribution >= 4 is 5.91 Å². The molecule has 2 saturated heterocycles. The second-order valence-corrected chi connectivity index (χ2v) is 4.91. The van der Waals surface area contributed by atoms with Crippen LogP contribution in [0.15, 0.2) is 12.2 Å². The van der Waals surface area contributed by atoms with Gasteiger partial charge in [-0.15, -0.1) is 0 Å². The van der Waals surface area contributed by atoms with Gasteiger partial charge in [0.15, 0.2) is 0 Å². The van der Waals surface area contributed by atoms with Crippen LogP contribution in [0.1, 0.15) is 6.92 Å². The summed E-state index contributed by atoms with van der Waals surface area (Å²) in [5, 5.41) is 3.27. The zero-order valence-corrected chi connectivity index (χ0v) is 9.56. The lowest BCUT2D eigenvalue weighted by Gasteiger charge is -2.32. The molecule has 1 N–H and O–H groups in total. The van der Waals surface area contributed by atoms with Crippen molar-refractivity contribution in [3.63, 3.8) is 0 Å². The minimum atomic E-state index is 0.0300. The van der Waals surface area contributed by atoms with E-state index in [1.165, 1.54) is 0 Å². The van der Waals surface area contributed by atoms with Gasteiger partial charge in [0, 0.05) is 32.1 Å². The van der Waals surface area contributed by atoms with Gasteiger partial charge in [-0.1, -0.05) is 19.1 Å². The summed E-state index contributed by atoms with van der Waals surface area (Å²) in [6.45, 7) is 5.63. The van der Waals surface area contributed by atoms with Crippen LogP contribution >= 0.6 is 0 Å². The van der Waals surface area contributed by atoms with Gasteiger partial charge in [-0.3, -0.25) is 4.79 Å². The van der Waals surface area contributed by atoms with Gasteiger partial charge < -0.3 is 15.0 Å². The summed E-state index contributed by atoms with van der Waals surface area (Å²) in [5.41, 5.74) is 0. The molecule has 3 aliphatic rings. The van der Waals surface area contributed by atoms with Crippen molar-refractivity contribution in [3.8, 4) is 0 Å². The van der Waals surface area contributed by atoms with Crippen LogP contribution in [0.4, 0.5) is 0 Å². The Bertz CT molecular complexity index is 323. The summed E-state index contributed by atoms with van der Waals surface area (Å²) >= 11 is 0. The maximum absolute atomic E-state index is 12.4. The molecule has 0 saturated carbocycles. The standard InChI is InChI=1S/C12H18N2O2/c1-8-9-2-3-10(16-9)11(8)12(15)14-6-4-13-5-7-14/h2-3,8-11,13H,4-7H2,1H3/t8?,9-,10+,11?/m1/s1. The number of hydrogen-bond acceptors (Lipinski definition) is 3. The first-order valence-corrected chi connectivity index (χ1v) is 6.10. The Morgan fingerprint density at radius 2 is 2.00 bits per heavy atom. The molecule has 2 unspecified atom stereocenters. The van der Waals surface area contributed by atoms with Crippen molar-refractivity contribution in [1.82, 2.24) is 10.2 Å². The van der Waals surface area contributed by atoms with Gasteiger partial charge >= 0.3 is 0 Å². The Morgan fingerprint density at radius 3 is 2.62 bits per heavy atom. The normalized spacial score (nSPS) is 41.7. The lowest BCUT2D eigenvalue weighted by Crippen LogP contribution is -2.50. The minimum Gasteiger partial charge on any atom is -0.366 e. The fourth-order valence-corrected chi connectivity index (χ4v) is 2.96. The Labute approximate surface area is 95.6 Å². The summed E-state index contributed by atoms with van der Waals surface area (Å²) in [6.07, 6.45) is 4.34. The van der Waals surface area contributed by atoms with E-state index in [2.05, 4.69) is 24.4 Å². The molecule has 0 spiro atoms. The summed E-state index contributed by atoms with van der Waals surface area (Å²) in [4.78, 5) is 14.4. The third-order valence-corrected chi connectivity index (χ3v) is 3.96. The zero-order valence-electron chi connectivity index (χ0n) is 9.56. The van der Waals surface area contributed by atoms with Crippen molar-refractivity contribution in [3.05, 3.63) is 12.2 Å². The number of ether oxygens (including phenoxy) is 1. The number of nitrogens with one attached hydrogen (secondary N) is 1. The molecule has 88 valence electrons. The second kappa shape index (κ2) is 3.86. The molecular formula is C12H18N2O2. The van der Waals surface area contributed by atoms with Gasteiger partial charge in [0.25, 0.3) is 0 Å². The monoisotopic (exact) mass is 222 g/mol. The lowest BCUT2D eigenvalue weighted by atomic mass is 9.83. The van der Waals surface area contributed by atoms with E-state index in [1.54, 1.807) is 0 Å². The van der Waals surface area contributed by atoms with E-state index < -0.39 is 0 Å². The molecule has 0 aliphatic carbocycles. The summed E-state index contributed by atoms with van der Waals surface area (Å²) < 4.78 is 5.73. The highest BCUT2D eigenvalue weighted by atomic mass is 16.5. The first-order valence-electron chi connectivity index (χ1n) is 6.10. The van der Waals surface area contributed by atoms with Crippen LogP contribution in [0.5, 0.6) is 0 Å². The van der Waals surface area contributed by atoms with E-state index in [0.29, 0.717) is 5.92 Å². The van der Waals surface area contributed by atoms with Crippen LogP contribution in [0, 0.1) is 11.8 Å². The Kier molecular flexibility index (Phi) is 2.48. The van der Waals surface area contributed by atoms with Gasteiger partial charge in [0.05, 0.1) is 18.1 Å². The van der Waals surface area contributed by atoms with E-state index >= 15 is 0 Å². The molecule has 3 heterocycles. The van der Waals surface area contributed by atoms with Crippen molar-refractivity contribution in [2.45, 2.75) is 19.1 Å². The van der Waals surface area contributed by atoms with Crippen molar-refractivity contribution in [1.29, 1.82) is 0 Å². The number of nitrogens with zero attached hydrogens (tertiary/aromatic N) is 1. The highest BCUT2D eigenvalue weighted by Crippen LogP contribution is 2.39. The van der Waals surface area contributed by atoms with Crippen LogP contribution in [0.2, 0.25) is 0 Å². The van der Waals surface area contributed by atoms with Crippen LogP contribution in [0.3, 0.4) is 0 Å². The predicted octanol–water partition coefficient (Wildman–Crippen LogP) is 0.00770. The van der Waals surface area contributed by atoms with Gasteiger partial charge in [-0.2, -0.15) is 0 Å². The number of fused-ring (bicyclic) bond motifs is 2. The van der Waals surface area contributed by atoms with Crippen molar-refractivity contribution in [2.75, 3.05) is 26.2 Å². The molecule has 3 aliphatic heterocycles. The highest BCUT2D eigenvalue weighted by Gasteiger charge is 2.48. The summed E-state index contributed by atoms with van der Waals surface area (Å²) in [7, 11) is 0. The van der Waals surface area contributed by atoms with Gasteiger partial charge in [-0.25, -0.2) is 0 Å². The van der Waals surface area contributed by atoms with Gasteiger partial charge in [0.2, 0.25) is 5.91 Å². The quantitative estimate of drug-likeness (QED) is 0.635. The topological polar surface area (TPSA) is 41.6 Å². The lowest BCUT2D eigenvalue weighted by molar-refractivity contribution is -0.138. The first-order chi connectivity index (χ1) is 7.77. The van der Waals surface area contributed by atoms with E-state index in [9.17, 15) is 4.79 Å². The van der Waals surface area contributed by atoms with Crippen LogP contribution in [-0.4, -0.2) is 49.2 Å². The smallest absolute Gasteiger partial charge is 0.229 e.